The molecule has 0 fully saturated rings. The topological polar surface area (TPSA) is 47.9 Å². The second kappa shape index (κ2) is 8.51. The zero-order valence-corrected chi connectivity index (χ0v) is 14.3. The number of rotatable bonds is 6. The van der Waals surface area contributed by atoms with E-state index in [9.17, 15) is 18.0 Å². The van der Waals surface area contributed by atoms with Crippen LogP contribution in [0.5, 0.6) is 0 Å². The molecule has 0 aromatic heterocycles. The molecule has 2 aromatic carbocycles. The van der Waals surface area contributed by atoms with Crippen molar-refractivity contribution in [1.82, 2.24) is 0 Å². The number of benzene rings is 2. The minimum Gasteiger partial charge on any atom is -0.469 e. The number of oxime groups is 1. The highest BCUT2D eigenvalue weighted by atomic mass is 19.4. The normalized spacial score (nSPS) is 12.0. The van der Waals surface area contributed by atoms with Gasteiger partial charge < -0.3 is 9.57 Å². The summed E-state index contributed by atoms with van der Waals surface area (Å²) in [5.41, 5.74) is 1.39. The van der Waals surface area contributed by atoms with E-state index in [0.717, 1.165) is 23.3 Å². The van der Waals surface area contributed by atoms with Crippen molar-refractivity contribution in [3.8, 4) is 0 Å². The van der Waals surface area contributed by atoms with Crippen molar-refractivity contribution < 1.29 is 27.5 Å². The molecule has 0 N–H and O–H groups in total. The molecular formula is C19H18F3NO3. The highest BCUT2D eigenvalue weighted by Gasteiger charge is 2.30. The van der Waals surface area contributed by atoms with Gasteiger partial charge in [-0.15, -0.1) is 0 Å². The lowest BCUT2D eigenvalue weighted by molar-refractivity contribution is -0.140. The Morgan fingerprint density at radius 3 is 2.42 bits per heavy atom. The maximum atomic E-state index is 12.8. The van der Waals surface area contributed by atoms with Crippen molar-refractivity contribution in [2.45, 2.75) is 26.1 Å². The zero-order chi connectivity index (χ0) is 19.2. The largest absolute Gasteiger partial charge is 0.469 e. The van der Waals surface area contributed by atoms with Crippen LogP contribution in [0.1, 0.15) is 29.2 Å². The molecule has 7 heteroatoms. The fourth-order valence-corrected chi connectivity index (χ4v) is 2.27. The lowest BCUT2D eigenvalue weighted by Crippen LogP contribution is -2.08. The SMILES string of the molecule is COC(=O)Cc1ccccc1CON=C(C)c1cccc(C(F)(F)F)c1. The van der Waals surface area contributed by atoms with Gasteiger partial charge in [0.25, 0.3) is 0 Å². The first kappa shape index (κ1) is 19.5. The predicted molar refractivity (Wildman–Crippen MR) is 90.6 cm³/mol. The fourth-order valence-electron chi connectivity index (χ4n) is 2.27. The van der Waals surface area contributed by atoms with Crippen LogP contribution in [0.4, 0.5) is 13.2 Å². The van der Waals surface area contributed by atoms with Gasteiger partial charge in [-0.1, -0.05) is 41.6 Å². The zero-order valence-electron chi connectivity index (χ0n) is 14.3. The molecule has 0 aliphatic heterocycles. The van der Waals surface area contributed by atoms with E-state index in [4.69, 9.17) is 4.84 Å². The van der Waals surface area contributed by atoms with E-state index in [2.05, 4.69) is 9.89 Å². The minimum absolute atomic E-state index is 0.0868. The lowest BCUT2D eigenvalue weighted by Gasteiger charge is -2.09. The third-order valence-corrected chi connectivity index (χ3v) is 3.71. The summed E-state index contributed by atoms with van der Waals surface area (Å²) in [5, 5.41) is 3.89. The van der Waals surface area contributed by atoms with Gasteiger partial charge in [-0.25, -0.2) is 0 Å². The minimum atomic E-state index is -4.41. The number of ether oxygens (including phenoxy) is 1. The molecule has 0 spiro atoms. The Kier molecular flexibility index (Phi) is 6.38. The first-order valence-electron chi connectivity index (χ1n) is 7.79. The van der Waals surface area contributed by atoms with Crippen molar-refractivity contribution in [2.24, 2.45) is 5.16 Å². The van der Waals surface area contributed by atoms with E-state index < -0.39 is 11.7 Å². The summed E-state index contributed by atoms with van der Waals surface area (Å²) in [4.78, 5) is 16.7. The Bertz CT molecular complexity index is 801. The Morgan fingerprint density at radius 1 is 1.08 bits per heavy atom. The van der Waals surface area contributed by atoms with Crippen molar-refractivity contribution in [1.29, 1.82) is 0 Å². The van der Waals surface area contributed by atoms with Gasteiger partial charge in [0, 0.05) is 0 Å². The maximum absolute atomic E-state index is 12.8. The van der Waals surface area contributed by atoms with E-state index in [1.54, 1.807) is 31.2 Å². The Balaban J connectivity index is 2.08. The highest BCUT2D eigenvalue weighted by Crippen LogP contribution is 2.29. The molecule has 0 saturated carbocycles. The van der Waals surface area contributed by atoms with Crippen LogP contribution in [-0.2, 0) is 33.6 Å². The summed E-state index contributed by atoms with van der Waals surface area (Å²) in [6.45, 7) is 1.65. The Morgan fingerprint density at radius 2 is 1.77 bits per heavy atom. The van der Waals surface area contributed by atoms with Crippen LogP contribution in [0.2, 0.25) is 0 Å². The van der Waals surface area contributed by atoms with Gasteiger partial charge in [0.05, 0.1) is 24.8 Å². The van der Waals surface area contributed by atoms with Crippen LogP contribution in [0, 0.1) is 0 Å². The van der Waals surface area contributed by atoms with Gasteiger partial charge in [0.1, 0.15) is 6.61 Å². The first-order valence-corrected chi connectivity index (χ1v) is 7.79. The van der Waals surface area contributed by atoms with Crippen LogP contribution >= 0.6 is 0 Å². The molecule has 0 radical (unpaired) electrons. The predicted octanol–water partition coefficient (Wildman–Crippen LogP) is 4.36. The van der Waals surface area contributed by atoms with Gasteiger partial charge in [0.2, 0.25) is 0 Å². The Hall–Kier alpha value is -2.83. The summed E-state index contributed by atoms with van der Waals surface area (Å²) in [7, 11) is 1.31. The summed E-state index contributed by atoms with van der Waals surface area (Å²) in [6.07, 6.45) is -4.31. The molecular weight excluding hydrogens is 347 g/mol. The molecule has 4 nitrogen and oxygen atoms in total. The van der Waals surface area contributed by atoms with Gasteiger partial charge in [0.15, 0.2) is 0 Å². The molecule has 0 atom stereocenters. The quantitative estimate of drug-likeness (QED) is 0.434. The molecule has 2 rings (SSSR count). The monoisotopic (exact) mass is 365 g/mol. The maximum Gasteiger partial charge on any atom is 0.416 e. The lowest BCUT2D eigenvalue weighted by atomic mass is 10.1. The molecule has 0 heterocycles. The molecule has 0 unspecified atom stereocenters. The van der Waals surface area contributed by atoms with Crippen LogP contribution in [0.3, 0.4) is 0 Å². The number of halogens is 3. The van der Waals surface area contributed by atoms with Crippen molar-refractivity contribution in [3.05, 3.63) is 70.8 Å². The molecule has 0 bridgehead atoms. The number of methoxy groups -OCH3 is 1. The second-order valence-corrected chi connectivity index (χ2v) is 5.55. The van der Waals surface area contributed by atoms with E-state index in [-0.39, 0.29) is 19.0 Å². The van der Waals surface area contributed by atoms with E-state index >= 15 is 0 Å². The number of nitrogens with zero attached hydrogens (tertiary/aromatic N) is 1. The fraction of sp³-hybridized carbons (Fsp3) is 0.263. The number of hydrogen-bond acceptors (Lipinski definition) is 4. The number of esters is 1. The second-order valence-electron chi connectivity index (χ2n) is 5.55. The van der Waals surface area contributed by atoms with Crippen LogP contribution in [0.25, 0.3) is 0 Å². The molecule has 0 amide bonds. The summed E-state index contributed by atoms with van der Waals surface area (Å²) in [6, 6.07) is 12.0. The molecule has 2 aromatic rings. The smallest absolute Gasteiger partial charge is 0.416 e. The highest BCUT2D eigenvalue weighted by molar-refractivity contribution is 5.98. The summed E-state index contributed by atoms with van der Waals surface area (Å²) < 4.78 is 43.0. The first-order chi connectivity index (χ1) is 12.3. The van der Waals surface area contributed by atoms with Gasteiger partial charge in [-0.3, -0.25) is 4.79 Å². The van der Waals surface area contributed by atoms with Crippen molar-refractivity contribution in [2.75, 3.05) is 7.11 Å². The third kappa shape index (κ3) is 5.34. The van der Waals surface area contributed by atoms with Gasteiger partial charge in [-0.2, -0.15) is 13.2 Å². The number of carbonyl (C=O) groups excluding carboxylic acids is 1. The van der Waals surface area contributed by atoms with Crippen molar-refractivity contribution >= 4 is 11.7 Å². The molecule has 138 valence electrons. The van der Waals surface area contributed by atoms with Crippen LogP contribution in [0.15, 0.2) is 53.7 Å². The van der Waals surface area contributed by atoms with Crippen molar-refractivity contribution in [3.63, 3.8) is 0 Å². The third-order valence-electron chi connectivity index (χ3n) is 3.71. The molecule has 26 heavy (non-hydrogen) atoms. The average Bonchev–Trinajstić information content (AvgIpc) is 2.62. The summed E-state index contributed by atoms with van der Waals surface area (Å²) >= 11 is 0. The van der Waals surface area contributed by atoms with E-state index in [1.807, 2.05) is 0 Å². The Labute approximate surface area is 149 Å². The number of carbonyl (C=O) groups is 1. The average molecular weight is 365 g/mol. The summed E-state index contributed by atoms with van der Waals surface area (Å²) in [5.74, 6) is -0.374. The van der Waals surface area contributed by atoms with Gasteiger partial charge in [-0.05, 0) is 35.7 Å². The number of alkyl halides is 3. The van der Waals surface area contributed by atoms with Gasteiger partial charge >= 0.3 is 12.1 Å². The van der Waals surface area contributed by atoms with E-state index in [0.29, 0.717) is 11.3 Å². The standard InChI is InChI=1S/C19H18F3NO3/c1-13(14-8-5-9-17(10-14)19(20,21)22)23-26-12-16-7-4-3-6-15(16)11-18(24)25-2/h3-10H,11-12H2,1-2H3. The van der Waals surface area contributed by atoms with E-state index in [1.165, 1.54) is 19.2 Å². The molecule has 0 aliphatic rings. The molecule has 0 saturated heterocycles. The van der Waals surface area contributed by atoms with Crippen LogP contribution < -0.4 is 0 Å². The molecule has 0 aliphatic carbocycles. The van der Waals surface area contributed by atoms with Crippen LogP contribution in [-0.4, -0.2) is 18.8 Å². The number of hydrogen-bond donors (Lipinski definition) is 0.